The molecule has 0 saturated carbocycles. The van der Waals surface area contributed by atoms with Gasteiger partial charge < -0.3 is 18.9 Å². The van der Waals surface area contributed by atoms with Gasteiger partial charge in [0.15, 0.2) is 5.65 Å². The lowest BCUT2D eigenvalue weighted by atomic mass is 9.92. The van der Waals surface area contributed by atoms with Crippen molar-refractivity contribution in [2.24, 2.45) is 5.92 Å². The van der Waals surface area contributed by atoms with Crippen LogP contribution in [0.1, 0.15) is 32.6 Å². The molecule has 1 unspecified atom stereocenters. The standard InChI is InChI=1S/C30H38ClN5O2Si/c1-19-14-21-8-9-22(15-19)36(21)25-16-32-29-24(17-35(30(29)33-25)18-38-12-13-39(3,4)5)23-10-6-20-7-11-26(37-2)34-28(20)27(23)31/h6-7,10-11,16-17,19,21-22H,8-9,12-15,18H2,1-5H3/t19?,21-,22+. The molecule has 0 amide bonds. The van der Waals surface area contributed by atoms with Crippen LogP contribution < -0.4 is 9.64 Å². The van der Waals surface area contributed by atoms with Gasteiger partial charge >= 0.3 is 0 Å². The second-order valence-electron chi connectivity index (χ2n) is 12.5. The Balaban J connectivity index is 1.42. The van der Waals surface area contributed by atoms with Crippen LogP contribution in [0.25, 0.3) is 33.2 Å². The highest BCUT2D eigenvalue weighted by Gasteiger charge is 2.40. The number of pyridine rings is 1. The molecule has 2 fully saturated rings. The van der Waals surface area contributed by atoms with Gasteiger partial charge in [-0.05, 0) is 43.7 Å². The Morgan fingerprint density at radius 3 is 2.46 bits per heavy atom. The fraction of sp³-hybridized carbons (Fsp3) is 0.500. The minimum absolute atomic E-state index is 0.431. The van der Waals surface area contributed by atoms with Crippen LogP contribution in [-0.2, 0) is 11.5 Å². The molecule has 0 aliphatic carbocycles. The summed E-state index contributed by atoms with van der Waals surface area (Å²) in [5.41, 5.74) is 4.19. The number of fused-ring (bicyclic) bond motifs is 4. The molecule has 4 aromatic rings. The molecule has 7 nitrogen and oxygen atoms in total. The van der Waals surface area contributed by atoms with Gasteiger partial charge in [-0.3, -0.25) is 0 Å². The second-order valence-corrected chi connectivity index (χ2v) is 18.5. The summed E-state index contributed by atoms with van der Waals surface area (Å²) in [5.74, 6) is 2.29. The molecule has 2 bridgehead atoms. The van der Waals surface area contributed by atoms with Crippen LogP contribution in [0, 0.1) is 5.92 Å². The Hall–Kier alpha value is -2.68. The van der Waals surface area contributed by atoms with Crippen molar-refractivity contribution >= 4 is 47.6 Å². The molecular formula is C30H38ClN5O2Si. The first-order valence-electron chi connectivity index (χ1n) is 14.1. The summed E-state index contributed by atoms with van der Waals surface area (Å²) in [4.78, 5) is 17.4. The maximum atomic E-state index is 6.99. The molecule has 2 aliphatic rings. The molecule has 6 rings (SSSR count). The van der Waals surface area contributed by atoms with E-state index in [-0.39, 0.29) is 0 Å². The minimum atomic E-state index is -1.19. The second kappa shape index (κ2) is 10.4. The van der Waals surface area contributed by atoms with E-state index in [4.69, 9.17) is 31.0 Å². The molecular weight excluding hydrogens is 526 g/mol. The van der Waals surface area contributed by atoms with E-state index >= 15 is 0 Å². The first kappa shape index (κ1) is 26.5. The van der Waals surface area contributed by atoms with Gasteiger partial charge in [-0.15, -0.1) is 0 Å². The maximum Gasteiger partial charge on any atom is 0.213 e. The van der Waals surface area contributed by atoms with Gasteiger partial charge in [0.25, 0.3) is 0 Å². The van der Waals surface area contributed by atoms with Crippen molar-refractivity contribution in [2.45, 2.75) is 77.1 Å². The molecule has 5 heterocycles. The fourth-order valence-corrected chi connectivity index (χ4v) is 7.35. The van der Waals surface area contributed by atoms with Crippen molar-refractivity contribution in [3.05, 3.63) is 41.7 Å². The van der Waals surface area contributed by atoms with Crippen molar-refractivity contribution in [1.82, 2.24) is 19.5 Å². The van der Waals surface area contributed by atoms with Gasteiger partial charge in [0.05, 0.1) is 23.8 Å². The summed E-state index contributed by atoms with van der Waals surface area (Å²) in [5, 5.41) is 1.55. The zero-order valence-electron chi connectivity index (χ0n) is 23.6. The number of nitrogens with zero attached hydrogens (tertiary/aromatic N) is 5. The molecule has 1 aromatic carbocycles. The number of hydrogen-bond acceptors (Lipinski definition) is 6. The van der Waals surface area contributed by atoms with E-state index in [2.05, 4.69) is 47.2 Å². The smallest absolute Gasteiger partial charge is 0.213 e. The van der Waals surface area contributed by atoms with E-state index in [1.807, 2.05) is 30.5 Å². The average Bonchev–Trinajstić information content (AvgIpc) is 3.40. The Morgan fingerprint density at radius 1 is 1.00 bits per heavy atom. The fourth-order valence-electron chi connectivity index (χ4n) is 6.28. The molecule has 206 valence electrons. The van der Waals surface area contributed by atoms with E-state index in [1.54, 1.807) is 7.11 Å². The zero-order chi connectivity index (χ0) is 27.3. The quantitative estimate of drug-likeness (QED) is 0.164. The number of ether oxygens (including phenoxy) is 2. The Labute approximate surface area is 236 Å². The van der Waals surface area contributed by atoms with E-state index < -0.39 is 8.07 Å². The number of rotatable bonds is 8. The van der Waals surface area contributed by atoms with E-state index in [0.29, 0.717) is 35.2 Å². The summed E-state index contributed by atoms with van der Waals surface area (Å²) in [6.07, 6.45) is 8.98. The third-order valence-electron chi connectivity index (χ3n) is 8.29. The predicted octanol–water partition coefficient (Wildman–Crippen LogP) is 7.39. The van der Waals surface area contributed by atoms with Gasteiger partial charge in [-0.2, -0.15) is 0 Å². The van der Waals surface area contributed by atoms with Gasteiger partial charge in [0.1, 0.15) is 18.1 Å². The summed E-state index contributed by atoms with van der Waals surface area (Å²) >= 11 is 6.99. The minimum Gasteiger partial charge on any atom is -0.481 e. The highest BCUT2D eigenvalue weighted by Crippen LogP contribution is 2.42. The van der Waals surface area contributed by atoms with E-state index in [0.717, 1.165) is 52.1 Å². The average molecular weight is 564 g/mol. The number of hydrogen-bond donors (Lipinski definition) is 0. The third kappa shape index (κ3) is 5.14. The van der Waals surface area contributed by atoms with E-state index in [1.165, 1.54) is 25.7 Å². The molecule has 0 N–H and O–H groups in total. The lowest BCUT2D eigenvalue weighted by Crippen LogP contribution is -2.43. The van der Waals surface area contributed by atoms with Crippen LogP contribution in [-0.4, -0.2) is 53.4 Å². The van der Waals surface area contributed by atoms with Crippen molar-refractivity contribution in [3.8, 4) is 17.0 Å². The van der Waals surface area contributed by atoms with Crippen LogP contribution in [0.4, 0.5) is 5.82 Å². The predicted molar refractivity (Wildman–Crippen MR) is 162 cm³/mol. The number of aromatic nitrogens is 4. The molecule has 0 spiro atoms. The lowest BCUT2D eigenvalue weighted by Gasteiger charge is -2.38. The van der Waals surface area contributed by atoms with Crippen LogP contribution >= 0.6 is 11.6 Å². The van der Waals surface area contributed by atoms with Crippen molar-refractivity contribution < 1.29 is 9.47 Å². The van der Waals surface area contributed by atoms with Crippen molar-refractivity contribution in [2.75, 3.05) is 18.6 Å². The van der Waals surface area contributed by atoms with Crippen LogP contribution in [0.5, 0.6) is 5.88 Å². The Bertz CT molecular complexity index is 1500. The number of halogens is 1. The molecule has 0 radical (unpaired) electrons. The molecule has 9 heteroatoms. The molecule has 3 aromatic heterocycles. The largest absolute Gasteiger partial charge is 0.481 e. The number of anilines is 1. The lowest BCUT2D eigenvalue weighted by molar-refractivity contribution is 0.0899. The molecule has 2 saturated heterocycles. The molecule has 39 heavy (non-hydrogen) atoms. The van der Waals surface area contributed by atoms with Gasteiger partial charge in [0.2, 0.25) is 5.88 Å². The van der Waals surface area contributed by atoms with Crippen LogP contribution in [0.15, 0.2) is 36.7 Å². The number of piperidine rings is 1. The van der Waals surface area contributed by atoms with E-state index in [9.17, 15) is 0 Å². The van der Waals surface area contributed by atoms with Gasteiger partial charge in [-0.25, -0.2) is 15.0 Å². The Kier molecular flexibility index (Phi) is 7.06. The van der Waals surface area contributed by atoms with Crippen LogP contribution in [0.2, 0.25) is 30.7 Å². The normalized spacial score (nSPS) is 21.3. The summed E-state index contributed by atoms with van der Waals surface area (Å²) in [7, 11) is 0.428. The highest BCUT2D eigenvalue weighted by atomic mass is 35.5. The zero-order valence-corrected chi connectivity index (χ0v) is 25.3. The molecule has 2 aliphatic heterocycles. The third-order valence-corrected chi connectivity index (χ3v) is 10.4. The maximum absolute atomic E-state index is 6.99. The Morgan fingerprint density at radius 2 is 1.74 bits per heavy atom. The van der Waals surface area contributed by atoms with Crippen molar-refractivity contribution in [1.29, 1.82) is 0 Å². The summed E-state index contributed by atoms with van der Waals surface area (Å²) < 4.78 is 13.7. The monoisotopic (exact) mass is 563 g/mol. The highest BCUT2D eigenvalue weighted by molar-refractivity contribution is 6.76. The van der Waals surface area contributed by atoms with Crippen molar-refractivity contribution in [3.63, 3.8) is 0 Å². The van der Waals surface area contributed by atoms with Crippen LogP contribution in [0.3, 0.4) is 0 Å². The molecule has 3 atom stereocenters. The topological polar surface area (TPSA) is 65.3 Å². The van der Waals surface area contributed by atoms with Gasteiger partial charge in [-0.1, -0.05) is 50.3 Å². The number of benzene rings is 1. The van der Waals surface area contributed by atoms with Gasteiger partial charge in [0, 0.05) is 55.5 Å². The summed E-state index contributed by atoms with van der Waals surface area (Å²) in [6.45, 7) is 10.7. The summed E-state index contributed by atoms with van der Waals surface area (Å²) in [6, 6.07) is 10.1. The first-order valence-corrected chi connectivity index (χ1v) is 18.2. The number of methoxy groups -OCH3 is 1. The first-order chi connectivity index (χ1) is 18.7. The SMILES string of the molecule is COc1ccc2ccc(-c3cn(COCC[Si](C)(C)C)c4nc(N5[C@@H]6CC[C@H]5CC(C)C6)cnc34)c(Cl)c2n1.